The third-order valence-electron chi connectivity index (χ3n) is 9.81. The number of anilines is 3. The van der Waals surface area contributed by atoms with Crippen LogP contribution in [-0.4, -0.2) is 0 Å². The van der Waals surface area contributed by atoms with E-state index in [1.54, 1.807) is 0 Å². The first kappa shape index (κ1) is 26.5. The van der Waals surface area contributed by atoms with Gasteiger partial charge in [0.15, 0.2) is 0 Å². The van der Waals surface area contributed by atoms with E-state index in [-0.39, 0.29) is 0 Å². The van der Waals surface area contributed by atoms with Gasteiger partial charge in [-0.15, -0.1) is 0 Å². The molecule has 42 heavy (non-hydrogen) atoms. The van der Waals surface area contributed by atoms with Crippen LogP contribution in [0.15, 0.2) is 115 Å². The Hall–Kier alpha value is -4.36. The van der Waals surface area contributed by atoms with E-state index in [4.69, 9.17) is 0 Å². The molecule has 4 atom stereocenters. The minimum Gasteiger partial charge on any atom is -0.310 e. The monoisotopic (exact) mass is 545 g/mol. The standard InChI is InChI=1S/C41H39N/c1-27-10-14-31(15-11-27)29(3)30(4)34-18-16-32-20-24-38-39(25-21-33-17-19-35(26-34)40(32)41(33)38)42(36-8-6-5-7-9-36)37-22-12-28(2)13-23-37/h5-25,29-30,34-35H,26H2,1-4H3/t29-,30?,34?,35?/m1/s1. The third-order valence-corrected chi connectivity index (χ3v) is 9.81. The lowest BCUT2D eigenvalue weighted by Gasteiger charge is -2.31. The zero-order valence-corrected chi connectivity index (χ0v) is 25.1. The molecule has 0 heterocycles. The van der Waals surface area contributed by atoms with Crippen LogP contribution < -0.4 is 4.90 Å². The fourth-order valence-electron chi connectivity index (χ4n) is 7.12. The van der Waals surface area contributed by atoms with Gasteiger partial charge in [0.05, 0.1) is 5.69 Å². The van der Waals surface area contributed by atoms with Gasteiger partial charge in [-0.1, -0.05) is 122 Å². The number of benzene rings is 5. The summed E-state index contributed by atoms with van der Waals surface area (Å²) < 4.78 is 0. The summed E-state index contributed by atoms with van der Waals surface area (Å²) in [6, 6.07) is 38.2. The molecule has 5 aromatic carbocycles. The molecule has 0 radical (unpaired) electrons. The Kier molecular flexibility index (Phi) is 6.82. The number of para-hydroxylation sites is 1. The van der Waals surface area contributed by atoms with Crippen molar-refractivity contribution in [2.45, 2.75) is 46.0 Å². The molecule has 0 bridgehead atoms. The number of allylic oxidation sites excluding steroid dienone is 2. The normalized spacial score (nSPS) is 18.5. The van der Waals surface area contributed by atoms with E-state index in [1.807, 2.05) is 0 Å². The van der Waals surface area contributed by atoms with Gasteiger partial charge in [-0.25, -0.2) is 0 Å². The number of hydrogen-bond acceptors (Lipinski definition) is 1. The molecular weight excluding hydrogens is 506 g/mol. The van der Waals surface area contributed by atoms with Crippen LogP contribution in [0.5, 0.6) is 0 Å². The third kappa shape index (κ3) is 4.68. The summed E-state index contributed by atoms with van der Waals surface area (Å²) in [7, 11) is 0. The van der Waals surface area contributed by atoms with Crippen molar-refractivity contribution in [3.8, 4) is 0 Å². The van der Waals surface area contributed by atoms with Crippen LogP contribution in [0.2, 0.25) is 0 Å². The largest absolute Gasteiger partial charge is 0.310 e. The van der Waals surface area contributed by atoms with Crippen molar-refractivity contribution in [3.63, 3.8) is 0 Å². The molecule has 7 rings (SSSR count). The molecule has 5 aromatic rings. The minimum absolute atomic E-state index is 0.406. The number of aryl methyl sites for hydroxylation is 2. The van der Waals surface area contributed by atoms with Crippen molar-refractivity contribution in [1.29, 1.82) is 0 Å². The Morgan fingerprint density at radius 2 is 1.29 bits per heavy atom. The predicted octanol–water partition coefficient (Wildman–Crippen LogP) is 11.5. The van der Waals surface area contributed by atoms with Crippen molar-refractivity contribution in [3.05, 3.63) is 149 Å². The number of hydrogen-bond donors (Lipinski definition) is 0. The van der Waals surface area contributed by atoms with E-state index in [9.17, 15) is 0 Å². The first-order valence-corrected chi connectivity index (χ1v) is 15.4. The molecule has 0 aromatic heterocycles. The van der Waals surface area contributed by atoms with E-state index >= 15 is 0 Å². The molecule has 0 aliphatic heterocycles. The van der Waals surface area contributed by atoms with Crippen LogP contribution in [0.25, 0.3) is 22.9 Å². The fourth-order valence-corrected chi connectivity index (χ4v) is 7.12. The van der Waals surface area contributed by atoms with Gasteiger partial charge in [-0.3, -0.25) is 0 Å². The number of rotatable bonds is 6. The van der Waals surface area contributed by atoms with Gasteiger partial charge in [0, 0.05) is 22.7 Å². The summed E-state index contributed by atoms with van der Waals surface area (Å²) in [5.41, 5.74) is 11.8. The number of nitrogens with zero attached hydrogens (tertiary/aromatic N) is 1. The Morgan fingerprint density at radius 1 is 0.643 bits per heavy atom. The lowest BCUT2D eigenvalue weighted by atomic mass is 9.74. The Bertz CT molecular complexity index is 1790. The van der Waals surface area contributed by atoms with Crippen LogP contribution in [0.3, 0.4) is 0 Å². The van der Waals surface area contributed by atoms with Crippen molar-refractivity contribution in [2.24, 2.45) is 11.8 Å². The molecule has 0 fully saturated rings. The molecule has 1 nitrogen and oxygen atoms in total. The zero-order chi connectivity index (χ0) is 28.8. The van der Waals surface area contributed by atoms with Crippen molar-refractivity contribution < 1.29 is 0 Å². The van der Waals surface area contributed by atoms with Gasteiger partial charge in [0.2, 0.25) is 0 Å². The molecule has 3 unspecified atom stereocenters. The van der Waals surface area contributed by atoms with Gasteiger partial charge >= 0.3 is 0 Å². The van der Waals surface area contributed by atoms with E-state index in [0.717, 1.165) is 6.42 Å². The van der Waals surface area contributed by atoms with Crippen LogP contribution in [0.4, 0.5) is 17.1 Å². The maximum absolute atomic E-state index is 2.51. The molecule has 0 saturated carbocycles. The Balaban J connectivity index is 1.31. The minimum atomic E-state index is 0.406. The van der Waals surface area contributed by atoms with E-state index < -0.39 is 0 Å². The molecular formula is C41H39N. The smallest absolute Gasteiger partial charge is 0.0540 e. The molecule has 208 valence electrons. The highest BCUT2D eigenvalue weighted by Crippen LogP contribution is 2.48. The second-order valence-corrected chi connectivity index (χ2v) is 12.5. The topological polar surface area (TPSA) is 3.24 Å². The van der Waals surface area contributed by atoms with E-state index in [0.29, 0.717) is 23.7 Å². The quantitative estimate of drug-likeness (QED) is 0.205. The van der Waals surface area contributed by atoms with Crippen LogP contribution in [0, 0.1) is 25.7 Å². The second-order valence-electron chi connectivity index (χ2n) is 12.5. The molecule has 2 aliphatic carbocycles. The second kappa shape index (κ2) is 10.8. The fraction of sp³-hybridized carbons (Fsp3) is 0.220. The zero-order valence-electron chi connectivity index (χ0n) is 25.1. The molecule has 1 heteroatoms. The first-order chi connectivity index (χ1) is 20.5. The maximum Gasteiger partial charge on any atom is 0.0540 e. The van der Waals surface area contributed by atoms with Crippen molar-refractivity contribution in [1.82, 2.24) is 0 Å². The van der Waals surface area contributed by atoms with E-state index in [1.165, 1.54) is 61.2 Å². The lowest BCUT2D eigenvalue weighted by Crippen LogP contribution is -2.18. The summed E-state index contributed by atoms with van der Waals surface area (Å²) in [6.07, 6.45) is 10.9. The Labute approximate surface area is 250 Å². The molecule has 0 spiro atoms. The van der Waals surface area contributed by atoms with Crippen LogP contribution in [-0.2, 0) is 0 Å². The Morgan fingerprint density at radius 3 is 2.02 bits per heavy atom. The SMILES string of the molecule is Cc1ccc([C@H](C)C(C)C2C=Cc3ccc4c(N(c5ccccc5)c5ccc(C)cc5)ccc5c4c3C(C=C5)C2)cc1. The summed E-state index contributed by atoms with van der Waals surface area (Å²) in [6.45, 7) is 9.17. The average Bonchev–Trinajstić information content (AvgIpc) is 3.22. The van der Waals surface area contributed by atoms with Gasteiger partial charge in [0.1, 0.15) is 0 Å². The molecule has 0 N–H and O–H groups in total. The van der Waals surface area contributed by atoms with Gasteiger partial charge < -0.3 is 4.90 Å². The summed E-state index contributed by atoms with van der Waals surface area (Å²) in [4.78, 5) is 2.42. The van der Waals surface area contributed by atoms with Gasteiger partial charge in [-0.2, -0.15) is 0 Å². The molecule has 0 amide bonds. The van der Waals surface area contributed by atoms with Gasteiger partial charge in [-0.05, 0) is 96.0 Å². The van der Waals surface area contributed by atoms with Gasteiger partial charge in [0.25, 0.3) is 0 Å². The highest BCUT2D eigenvalue weighted by molar-refractivity contribution is 6.06. The average molecular weight is 546 g/mol. The molecule has 2 aliphatic rings. The van der Waals surface area contributed by atoms with Crippen molar-refractivity contribution >= 4 is 40.0 Å². The summed E-state index contributed by atoms with van der Waals surface area (Å²) in [5.74, 6) is 1.96. The highest BCUT2D eigenvalue weighted by Gasteiger charge is 2.31. The summed E-state index contributed by atoms with van der Waals surface area (Å²) in [5, 5.41) is 2.73. The first-order valence-electron chi connectivity index (χ1n) is 15.4. The van der Waals surface area contributed by atoms with Crippen molar-refractivity contribution in [2.75, 3.05) is 4.90 Å². The highest BCUT2D eigenvalue weighted by atomic mass is 15.1. The predicted molar refractivity (Wildman–Crippen MR) is 181 cm³/mol. The summed E-state index contributed by atoms with van der Waals surface area (Å²) >= 11 is 0. The maximum atomic E-state index is 2.51. The molecule has 0 saturated heterocycles. The van der Waals surface area contributed by atoms with E-state index in [2.05, 4.69) is 160 Å². The van der Waals surface area contributed by atoms with Crippen LogP contribution >= 0.6 is 0 Å². The van der Waals surface area contributed by atoms with Crippen LogP contribution in [0.1, 0.15) is 65.5 Å². The lowest BCUT2D eigenvalue weighted by molar-refractivity contribution is 0.347.